The Morgan fingerprint density at radius 2 is 1.94 bits per heavy atom. The Morgan fingerprint density at radius 1 is 1.33 bits per heavy atom. The molecule has 0 heterocycles. The van der Waals surface area contributed by atoms with E-state index >= 15 is 0 Å². The first-order valence-corrected chi connectivity index (χ1v) is 5.52. The second kappa shape index (κ2) is 7.56. The molecule has 0 rings (SSSR count). The first-order chi connectivity index (χ1) is 8.26. The number of nitrogens with two attached hydrogens (primary N) is 1. The van der Waals surface area contributed by atoms with Gasteiger partial charge in [-0.25, -0.2) is 4.79 Å². The summed E-state index contributed by atoms with van der Waals surface area (Å²) in [5, 5.41) is 2.46. The van der Waals surface area contributed by atoms with E-state index in [4.69, 9.17) is 10.5 Å². The van der Waals surface area contributed by atoms with Crippen LogP contribution in [-0.4, -0.2) is 37.4 Å². The van der Waals surface area contributed by atoms with Crippen molar-refractivity contribution in [2.75, 3.05) is 13.7 Å². The van der Waals surface area contributed by atoms with E-state index in [1.54, 1.807) is 20.8 Å². The minimum absolute atomic E-state index is 0.142. The van der Waals surface area contributed by atoms with Crippen molar-refractivity contribution in [3.8, 4) is 11.8 Å². The van der Waals surface area contributed by atoms with Gasteiger partial charge in [0.2, 0.25) is 0 Å². The fraction of sp³-hybridized carbons (Fsp3) is 0.667. The third-order valence-electron chi connectivity index (χ3n) is 1.67. The molecular formula is C12H20N2O4. The van der Waals surface area contributed by atoms with E-state index in [-0.39, 0.29) is 13.0 Å². The van der Waals surface area contributed by atoms with Gasteiger partial charge in [0.1, 0.15) is 11.6 Å². The van der Waals surface area contributed by atoms with Crippen molar-refractivity contribution < 1.29 is 19.1 Å². The van der Waals surface area contributed by atoms with Crippen molar-refractivity contribution in [3.63, 3.8) is 0 Å². The molecule has 0 fully saturated rings. The Morgan fingerprint density at radius 3 is 2.44 bits per heavy atom. The number of carbonyl (C=O) groups is 2. The Bertz CT molecular complexity index is 349. The number of carbonyl (C=O) groups excluding carboxylic acids is 2. The van der Waals surface area contributed by atoms with Crippen LogP contribution in [0, 0.1) is 11.8 Å². The molecule has 0 aliphatic rings. The van der Waals surface area contributed by atoms with Crippen LogP contribution in [0.25, 0.3) is 0 Å². The van der Waals surface area contributed by atoms with E-state index in [0.717, 1.165) is 0 Å². The molecule has 1 amide bonds. The Labute approximate surface area is 107 Å². The highest BCUT2D eigenvalue weighted by atomic mass is 16.6. The topological polar surface area (TPSA) is 90.6 Å². The molecule has 0 unspecified atom stereocenters. The molecule has 18 heavy (non-hydrogen) atoms. The van der Waals surface area contributed by atoms with Crippen LogP contribution in [0.3, 0.4) is 0 Å². The lowest BCUT2D eigenvalue weighted by molar-refractivity contribution is -0.142. The minimum Gasteiger partial charge on any atom is -0.468 e. The third kappa shape index (κ3) is 8.42. The summed E-state index contributed by atoms with van der Waals surface area (Å²) in [6.45, 7) is 5.46. The van der Waals surface area contributed by atoms with Gasteiger partial charge in [-0.05, 0) is 20.8 Å². The van der Waals surface area contributed by atoms with Gasteiger partial charge in [0, 0.05) is 6.42 Å². The van der Waals surface area contributed by atoms with E-state index in [1.165, 1.54) is 7.11 Å². The number of esters is 1. The SMILES string of the molecule is COC(=O)[C@@H](N)CC#CCNC(=O)OC(C)(C)C. The van der Waals surface area contributed by atoms with Crippen LogP contribution in [0.4, 0.5) is 4.79 Å². The third-order valence-corrected chi connectivity index (χ3v) is 1.67. The first-order valence-electron chi connectivity index (χ1n) is 5.52. The quantitative estimate of drug-likeness (QED) is 0.563. The molecule has 6 nitrogen and oxygen atoms in total. The van der Waals surface area contributed by atoms with E-state index in [1.807, 2.05) is 0 Å². The average Bonchev–Trinajstić information content (AvgIpc) is 2.24. The predicted octanol–water partition coefficient (Wildman–Crippen LogP) is 0.405. The maximum Gasteiger partial charge on any atom is 0.408 e. The maximum atomic E-state index is 11.2. The van der Waals surface area contributed by atoms with Crippen molar-refractivity contribution in [2.45, 2.75) is 38.8 Å². The van der Waals surface area contributed by atoms with Crippen LogP contribution < -0.4 is 11.1 Å². The van der Waals surface area contributed by atoms with Gasteiger partial charge in [0.25, 0.3) is 0 Å². The standard InChI is InChI=1S/C12H20N2O4/c1-12(2,3)18-11(16)14-8-6-5-7-9(13)10(15)17-4/h9H,7-8,13H2,1-4H3,(H,14,16)/t9-/m0/s1. The van der Waals surface area contributed by atoms with Gasteiger partial charge < -0.3 is 20.5 Å². The van der Waals surface area contributed by atoms with Crippen LogP contribution in [-0.2, 0) is 14.3 Å². The lowest BCUT2D eigenvalue weighted by Crippen LogP contribution is -2.33. The van der Waals surface area contributed by atoms with Gasteiger partial charge in [0.15, 0.2) is 0 Å². The average molecular weight is 256 g/mol. The molecule has 6 heteroatoms. The second-order valence-corrected chi connectivity index (χ2v) is 4.54. The molecule has 0 aliphatic heterocycles. The Balaban J connectivity index is 3.86. The summed E-state index contributed by atoms with van der Waals surface area (Å²) in [5.74, 6) is 4.82. The summed E-state index contributed by atoms with van der Waals surface area (Å²) in [5.41, 5.74) is 4.93. The van der Waals surface area contributed by atoms with Crippen molar-refractivity contribution in [3.05, 3.63) is 0 Å². The molecule has 0 saturated carbocycles. The van der Waals surface area contributed by atoms with Crippen LogP contribution in [0.1, 0.15) is 27.2 Å². The molecule has 0 bridgehead atoms. The summed E-state index contributed by atoms with van der Waals surface area (Å²) in [4.78, 5) is 22.1. The number of alkyl carbamates (subject to hydrolysis) is 1. The smallest absolute Gasteiger partial charge is 0.408 e. The van der Waals surface area contributed by atoms with Crippen molar-refractivity contribution >= 4 is 12.1 Å². The van der Waals surface area contributed by atoms with Crippen LogP contribution >= 0.6 is 0 Å². The van der Waals surface area contributed by atoms with Gasteiger partial charge in [-0.3, -0.25) is 4.79 Å². The lowest BCUT2D eigenvalue weighted by Gasteiger charge is -2.19. The molecule has 0 radical (unpaired) electrons. The Kier molecular flexibility index (Phi) is 6.83. The first kappa shape index (κ1) is 16.3. The number of nitrogens with one attached hydrogen (secondary N) is 1. The number of ether oxygens (including phenoxy) is 2. The van der Waals surface area contributed by atoms with Crippen molar-refractivity contribution in [1.82, 2.24) is 5.32 Å². The highest BCUT2D eigenvalue weighted by molar-refractivity contribution is 5.75. The van der Waals surface area contributed by atoms with E-state index in [9.17, 15) is 9.59 Å². The van der Waals surface area contributed by atoms with Gasteiger partial charge in [-0.2, -0.15) is 0 Å². The summed E-state index contributed by atoms with van der Waals surface area (Å²) < 4.78 is 9.44. The highest BCUT2D eigenvalue weighted by Gasteiger charge is 2.15. The number of methoxy groups -OCH3 is 1. The molecule has 0 saturated heterocycles. The number of hydrogen-bond acceptors (Lipinski definition) is 5. The van der Waals surface area contributed by atoms with Crippen LogP contribution in [0.2, 0.25) is 0 Å². The van der Waals surface area contributed by atoms with Gasteiger partial charge in [0.05, 0.1) is 13.7 Å². The molecule has 3 N–H and O–H groups in total. The summed E-state index contributed by atoms with van der Waals surface area (Å²) in [6.07, 6.45) is -0.350. The molecular weight excluding hydrogens is 236 g/mol. The summed E-state index contributed by atoms with van der Waals surface area (Å²) in [7, 11) is 1.26. The maximum absolute atomic E-state index is 11.2. The number of rotatable bonds is 3. The molecule has 0 aromatic rings. The van der Waals surface area contributed by atoms with Crippen molar-refractivity contribution in [1.29, 1.82) is 0 Å². The monoisotopic (exact) mass is 256 g/mol. The molecule has 102 valence electrons. The summed E-state index contributed by atoms with van der Waals surface area (Å²) in [6, 6.07) is -0.760. The molecule has 0 aliphatic carbocycles. The normalized spacial score (nSPS) is 11.8. The lowest BCUT2D eigenvalue weighted by atomic mass is 10.2. The van der Waals surface area contributed by atoms with Gasteiger partial charge in [-0.1, -0.05) is 11.8 Å². The van der Waals surface area contributed by atoms with E-state index < -0.39 is 23.7 Å². The van der Waals surface area contributed by atoms with Crippen LogP contribution in [0.5, 0.6) is 0 Å². The zero-order valence-corrected chi connectivity index (χ0v) is 11.2. The van der Waals surface area contributed by atoms with Crippen molar-refractivity contribution in [2.24, 2.45) is 5.73 Å². The zero-order chi connectivity index (χ0) is 14.2. The Hall–Kier alpha value is -1.74. The fourth-order valence-electron chi connectivity index (χ4n) is 0.910. The zero-order valence-electron chi connectivity index (χ0n) is 11.2. The number of hydrogen-bond donors (Lipinski definition) is 2. The minimum atomic E-state index is -0.760. The largest absolute Gasteiger partial charge is 0.468 e. The van der Waals surface area contributed by atoms with E-state index in [0.29, 0.717) is 0 Å². The second-order valence-electron chi connectivity index (χ2n) is 4.54. The number of amides is 1. The van der Waals surface area contributed by atoms with Gasteiger partial charge >= 0.3 is 12.1 Å². The van der Waals surface area contributed by atoms with E-state index in [2.05, 4.69) is 21.9 Å². The van der Waals surface area contributed by atoms with Gasteiger partial charge in [-0.15, -0.1) is 0 Å². The van der Waals surface area contributed by atoms with Crippen LogP contribution in [0.15, 0.2) is 0 Å². The molecule has 0 aromatic carbocycles. The molecule has 0 aromatic heterocycles. The fourth-order valence-corrected chi connectivity index (χ4v) is 0.910. The predicted molar refractivity (Wildman–Crippen MR) is 66.6 cm³/mol. The highest BCUT2D eigenvalue weighted by Crippen LogP contribution is 2.05. The molecule has 1 atom stereocenters. The summed E-state index contributed by atoms with van der Waals surface area (Å²) >= 11 is 0. The molecule has 0 spiro atoms.